The van der Waals surface area contributed by atoms with Gasteiger partial charge in [0.15, 0.2) is 0 Å². The van der Waals surface area contributed by atoms with E-state index in [9.17, 15) is 35.9 Å². The number of esters is 1. The summed E-state index contributed by atoms with van der Waals surface area (Å²) in [5, 5.41) is -0.754. The lowest BCUT2D eigenvalue weighted by Gasteiger charge is -2.35. The average molecular weight is 717 g/mol. The lowest BCUT2D eigenvalue weighted by Crippen LogP contribution is -2.50. The highest BCUT2D eigenvalue weighted by atomic mass is 35.5. The molecule has 15 heteroatoms. The van der Waals surface area contributed by atoms with Crippen LogP contribution in [0.25, 0.3) is 5.57 Å². The average Bonchev–Trinajstić information content (AvgIpc) is 3.85. The normalized spacial score (nSPS) is 16.4. The maximum Gasteiger partial charge on any atom is 0.417 e. The van der Waals surface area contributed by atoms with Gasteiger partial charge in [0.2, 0.25) is 5.91 Å². The summed E-state index contributed by atoms with van der Waals surface area (Å²) in [5.41, 5.74) is 4.35. The third-order valence-corrected chi connectivity index (χ3v) is 8.94. The second-order valence-corrected chi connectivity index (χ2v) is 12.0. The smallest absolute Gasteiger partial charge is 0.417 e. The number of alkyl halides is 6. The van der Waals surface area contributed by atoms with Gasteiger partial charge in [-0.25, -0.2) is 4.79 Å². The van der Waals surface area contributed by atoms with Gasteiger partial charge < -0.3 is 19.9 Å². The largest absolute Gasteiger partial charge is 0.490 e. The number of hydrogen-bond donors (Lipinski definition) is 1. The van der Waals surface area contributed by atoms with Crippen LogP contribution in [0.15, 0.2) is 66.2 Å². The number of carbonyl (C=O) groups is 2. The Labute approximate surface area is 281 Å². The second kappa shape index (κ2) is 13.9. The van der Waals surface area contributed by atoms with Crippen LogP contribution in [0.5, 0.6) is 11.5 Å². The van der Waals surface area contributed by atoms with Gasteiger partial charge >= 0.3 is 18.3 Å². The van der Waals surface area contributed by atoms with Crippen LogP contribution < -0.4 is 15.2 Å². The van der Waals surface area contributed by atoms with Crippen LogP contribution in [0.2, 0.25) is 10.0 Å². The predicted octanol–water partition coefficient (Wildman–Crippen LogP) is 7.71. The van der Waals surface area contributed by atoms with Gasteiger partial charge in [-0.2, -0.15) is 26.3 Å². The minimum atomic E-state index is -4.69. The number of nitrogens with two attached hydrogens (primary N) is 1. The number of amides is 1. The second-order valence-electron chi connectivity index (χ2n) is 11.2. The van der Waals surface area contributed by atoms with E-state index in [2.05, 4.69) is 0 Å². The zero-order valence-corrected chi connectivity index (χ0v) is 26.5. The summed E-state index contributed by atoms with van der Waals surface area (Å²) in [6.45, 7) is -0.0153. The summed E-state index contributed by atoms with van der Waals surface area (Å²) >= 11 is 11.9. The van der Waals surface area contributed by atoms with Crippen LogP contribution in [0.3, 0.4) is 0 Å². The van der Waals surface area contributed by atoms with E-state index in [1.807, 2.05) is 4.90 Å². The third-order valence-electron chi connectivity index (χ3n) is 8.19. The van der Waals surface area contributed by atoms with Crippen molar-refractivity contribution in [1.82, 2.24) is 4.90 Å². The first-order valence-electron chi connectivity index (χ1n) is 14.6. The molecule has 2 aliphatic rings. The van der Waals surface area contributed by atoms with Gasteiger partial charge in [-0.1, -0.05) is 47.5 Å². The van der Waals surface area contributed by atoms with E-state index in [-0.39, 0.29) is 41.7 Å². The quantitative estimate of drug-likeness (QED) is 0.124. The van der Waals surface area contributed by atoms with E-state index in [1.54, 1.807) is 24.3 Å². The molecule has 2 N–H and O–H groups in total. The Kier molecular flexibility index (Phi) is 10.2. The van der Waals surface area contributed by atoms with E-state index in [0.717, 1.165) is 24.3 Å². The number of hydrogen-bond acceptors (Lipinski definition) is 6. The maximum absolute atomic E-state index is 13.5. The first-order chi connectivity index (χ1) is 22.6. The monoisotopic (exact) mass is 716 g/mol. The molecule has 1 amide bonds. The Balaban J connectivity index is 1.28. The van der Waals surface area contributed by atoms with Crippen molar-refractivity contribution >= 4 is 40.7 Å². The van der Waals surface area contributed by atoms with Crippen molar-refractivity contribution in [2.24, 2.45) is 5.73 Å². The first-order valence-corrected chi connectivity index (χ1v) is 15.4. The highest BCUT2D eigenvalue weighted by Crippen LogP contribution is 2.45. The van der Waals surface area contributed by atoms with E-state index in [4.69, 9.17) is 43.1 Å². The molecule has 1 fully saturated rings. The van der Waals surface area contributed by atoms with E-state index >= 15 is 0 Å². The summed E-state index contributed by atoms with van der Waals surface area (Å²) < 4.78 is 95.2. The van der Waals surface area contributed by atoms with Gasteiger partial charge in [0.25, 0.3) is 0 Å². The molecule has 3 aromatic carbocycles. The Morgan fingerprint density at radius 3 is 2.19 bits per heavy atom. The predicted molar refractivity (Wildman–Crippen MR) is 164 cm³/mol. The number of ether oxygens (including phenoxy) is 3. The van der Waals surface area contributed by atoms with Gasteiger partial charge in [0.05, 0.1) is 26.7 Å². The molecule has 1 aliphatic carbocycles. The van der Waals surface area contributed by atoms with Gasteiger partial charge in [-0.15, -0.1) is 0 Å². The van der Waals surface area contributed by atoms with Crippen LogP contribution in [-0.4, -0.2) is 48.6 Å². The van der Waals surface area contributed by atoms with Crippen molar-refractivity contribution < 1.29 is 50.1 Å². The number of rotatable bonds is 11. The Morgan fingerprint density at radius 1 is 0.896 bits per heavy atom. The molecule has 0 atom stereocenters. The zero-order valence-electron chi connectivity index (χ0n) is 25.0. The number of nitrogens with zero attached hydrogens (tertiary/aromatic N) is 1. The first kappa shape index (κ1) is 35.4. The molecule has 0 bridgehead atoms. The molecule has 0 aromatic heterocycles. The number of halogens is 8. The Hall–Kier alpha value is -3.94. The van der Waals surface area contributed by atoms with Crippen LogP contribution in [0, 0.1) is 0 Å². The summed E-state index contributed by atoms with van der Waals surface area (Å²) in [7, 11) is 0. The molecule has 1 saturated carbocycles. The molecule has 0 saturated heterocycles. The maximum atomic E-state index is 13.5. The minimum Gasteiger partial charge on any atom is -0.490 e. The minimum absolute atomic E-state index is 0.0126. The van der Waals surface area contributed by atoms with E-state index < -0.39 is 52.5 Å². The topological polar surface area (TPSA) is 91.1 Å². The molecule has 48 heavy (non-hydrogen) atoms. The fourth-order valence-corrected chi connectivity index (χ4v) is 5.99. The summed E-state index contributed by atoms with van der Waals surface area (Å²) in [6, 6.07) is 12.8. The molecule has 3 aromatic rings. The van der Waals surface area contributed by atoms with Crippen molar-refractivity contribution in [1.29, 1.82) is 0 Å². The zero-order chi connectivity index (χ0) is 34.9. The Bertz CT molecular complexity index is 1720. The summed E-state index contributed by atoms with van der Waals surface area (Å²) in [4.78, 5) is 27.5. The molecule has 1 aliphatic heterocycles. The molecule has 0 spiro atoms. The van der Waals surface area contributed by atoms with Gasteiger partial charge in [-0.05, 0) is 66.8 Å². The number of benzene rings is 3. The molecule has 256 valence electrons. The number of carbonyl (C=O) groups excluding carboxylic acids is 2. The SMILES string of the molecule is NC(=O)C1(N2CCC(c3ccc(OCCOc4ccc(C(F)(F)F)cc4Cl)cc3)=C(C(=O)OCc3cccc(C(F)(F)F)c3Cl)C2)CC1. The fourth-order valence-electron chi connectivity index (χ4n) is 5.47. The standard InChI is InChI=1S/C33H28Cl2F6N2O5/c34-26-16-21(32(36,37)38)6-9-27(26)47-15-14-46-22-7-4-19(5-8-22)23-10-13-43(31(11-12-31)30(42)45)17-24(23)29(44)48-18-20-2-1-3-25(28(20)35)33(39,40)41/h1-9,16H,10-15,17-18H2,(H2,42,45). The molecule has 7 nitrogen and oxygen atoms in total. The summed E-state index contributed by atoms with van der Waals surface area (Å²) in [6.07, 6.45) is -7.78. The van der Waals surface area contributed by atoms with Gasteiger partial charge in [0.1, 0.15) is 36.9 Å². The number of primary amides is 1. The van der Waals surface area contributed by atoms with Crippen LogP contribution in [0.1, 0.15) is 41.5 Å². The van der Waals surface area contributed by atoms with Crippen LogP contribution in [0.4, 0.5) is 26.3 Å². The highest BCUT2D eigenvalue weighted by molar-refractivity contribution is 6.32. The fraction of sp³-hybridized carbons (Fsp3) is 0.333. The van der Waals surface area contributed by atoms with Crippen LogP contribution in [-0.2, 0) is 33.3 Å². The van der Waals surface area contributed by atoms with Crippen molar-refractivity contribution in [3.8, 4) is 11.5 Å². The van der Waals surface area contributed by atoms with Crippen molar-refractivity contribution in [2.45, 2.75) is 43.8 Å². The van der Waals surface area contributed by atoms with Crippen molar-refractivity contribution in [3.05, 3.63) is 98.5 Å². The molecular formula is C33H28Cl2F6N2O5. The van der Waals surface area contributed by atoms with E-state index in [0.29, 0.717) is 42.7 Å². The summed E-state index contributed by atoms with van der Waals surface area (Å²) in [5.74, 6) is -0.767. The lowest BCUT2D eigenvalue weighted by molar-refractivity contribution is -0.141. The third kappa shape index (κ3) is 7.85. The van der Waals surface area contributed by atoms with Gasteiger partial charge in [-0.3, -0.25) is 9.69 Å². The van der Waals surface area contributed by atoms with Crippen molar-refractivity contribution in [2.75, 3.05) is 26.3 Å². The van der Waals surface area contributed by atoms with Crippen LogP contribution >= 0.6 is 23.2 Å². The molecule has 5 rings (SSSR count). The molecule has 1 heterocycles. The van der Waals surface area contributed by atoms with E-state index in [1.165, 1.54) is 12.1 Å². The van der Waals surface area contributed by atoms with Crippen molar-refractivity contribution in [3.63, 3.8) is 0 Å². The highest BCUT2D eigenvalue weighted by Gasteiger charge is 2.54. The molecular weight excluding hydrogens is 689 g/mol. The lowest BCUT2D eigenvalue weighted by atomic mass is 9.92. The Morgan fingerprint density at radius 2 is 1.58 bits per heavy atom. The molecule has 0 radical (unpaired) electrons. The van der Waals surface area contributed by atoms with Gasteiger partial charge in [0, 0.05) is 18.7 Å². The molecule has 0 unspecified atom stereocenters.